The molecule has 0 aliphatic carbocycles. The fourth-order valence-corrected chi connectivity index (χ4v) is 8.68. The van der Waals surface area contributed by atoms with E-state index in [9.17, 15) is 14.7 Å². The Balaban J connectivity index is 0.000000192. The maximum Gasteiger partial charge on any atom is 0.373 e. The number of rotatable bonds is 10. The fourth-order valence-electron chi connectivity index (χ4n) is 7.41. The third-order valence-corrected chi connectivity index (χ3v) is 11.6. The first-order valence-electron chi connectivity index (χ1n) is 19.3. The molecule has 0 heterocycles. The van der Waals surface area contributed by atoms with Crippen molar-refractivity contribution in [3.63, 3.8) is 0 Å². The third kappa shape index (κ3) is 9.94. The van der Waals surface area contributed by atoms with Gasteiger partial charge in [-0.1, -0.05) is 128 Å². The Morgan fingerprint density at radius 2 is 1.02 bits per heavy atom. The van der Waals surface area contributed by atoms with Gasteiger partial charge in [0, 0.05) is 39.1 Å². The van der Waals surface area contributed by atoms with Crippen LogP contribution >= 0.6 is 23.5 Å². The molecule has 0 aliphatic heterocycles. The van der Waals surface area contributed by atoms with E-state index in [4.69, 9.17) is 19.1 Å². The molecule has 0 atom stereocenters. The van der Waals surface area contributed by atoms with Crippen molar-refractivity contribution >= 4 is 63.7 Å². The average Bonchev–Trinajstić information content (AvgIpc) is 3.29. The van der Waals surface area contributed by atoms with Gasteiger partial charge in [-0.25, -0.2) is 0 Å². The highest BCUT2D eigenvalue weighted by Gasteiger charge is 2.20. The molecule has 0 fully saturated rings. The minimum Gasteiger partial charge on any atom is -0.507 e. The molecule has 0 radical (unpaired) electrons. The number of thioether (sulfide) groups is 2. The quantitative estimate of drug-likeness (QED) is 0.0623. The lowest BCUT2D eigenvalue weighted by Crippen LogP contribution is -2.04. The van der Waals surface area contributed by atoms with Crippen LogP contribution in [0.3, 0.4) is 0 Å². The van der Waals surface area contributed by atoms with E-state index >= 15 is 0 Å². The lowest BCUT2D eigenvalue weighted by atomic mass is 9.90. The van der Waals surface area contributed by atoms with Gasteiger partial charge in [0.2, 0.25) is 0 Å². The van der Waals surface area contributed by atoms with Crippen LogP contribution in [0.1, 0.15) is 19.4 Å². The van der Waals surface area contributed by atoms with Crippen LogP contribution in [0.25, 0.3) is 66.1 Å². The monoisotopic (exact) mass is 842 g/mol. The summed E-state index contributed by atoms with van der Waals surface area (Å²) in [5.74, 6) is 0.738. The van der Waals surface area contributed by atoms with Crippen LogP contribution in [0.15, 0.2) is 168 Å². The van der Waals surface area contributed by atoms with Gasteiger partial charge in [-0.15, -0.1) is 23.5 Å². The van der Waals surface area contributed by atoms with Gasteiger partial charge in [0.1, 0.15) is 17.2 Å². The average molecular weight is 843 g/mol. The number of hydrogen-bond acceptors (Lipinski definition) is 9. The number of benzene rings is 8. The highest BCUT2D eigenvalue weighted by atomic mass is 32.2. The second-order valence-corrected chi connectivity index (χ2v) is 15.3. The van der Waals surface area contributed by atoms with E-state index in [0.29, 0.717) is 23.4 Å². The fraction of sp³-hybridized carbons (Fsp3) is 0.0962. The molecule has 0 aromatic heterocycles. The molecule has 8 aromatic carbocycles. The summed E-state index contributed by atoms with van der Waals surface area (Å²) < 4.78 is 10.9. The Labute approximate surface area is 363 Å². The van der Waals surface area contributed by atoms with Gasteiger partial charge in [0.15, 0.2) is 0 Å². The zero-order valence-corrected chi connectivity index (χ0v) is 35.6. The minimum absolute atomic E-state index is 0.0800. The van der Waals surface area contributed by atoms with Crippen molar-refractivity contribution < 1.29 is 33.8 Å². The number of phenolic OH excluding ortho intramolecular Hbond substituents is 1. The molecule has 0 spiro atoms. The summed E-state index contributed by atoms with van der Waals surface area (Å²) in [5.41, 5.74) is 9.70. The summed E-state index contributed by atoms with van der Waals surface area (Å²) >= 11 is 3.38. The lowest BCUT2D eigenvalue weighted by molar-refractivity contribution is -0.191. The van der Waals surface area contributed by atoms with Crippen LogP contribution in [0.2, 0.25) is 0 Å². The molecule has 0 saturated carbocycles. The van der Waals surface area contributed by atoms with Gasteiger partial charge >= 0.3 is 12.1 Å². The predicted octanol–water partition coefficient (Wildman–Crippen LogP) is 12.9. The van der Waals surface area contributed by atoms with Crippen molar-refractivity contribution in [2.24, 2.45) is 0 Å². The number of aryl methyl sites for hydroxylation is 1. The van der Waals surface area contributed by atoms with Crippen molar-refractivity contribution in [1.29, 1.82) is 0 Å². The van der Waals surface area contributed by atoms with E-state index in [2.05, 4.69) is 79.9 Å². The van der Waals surface area contributed by atoms with E-state index in [1.807, 2.05) is 91.2 Å². The Bertz CT molecular complexity index is 2820. The van der Waals surface area contributed by atoms with E-state index in [-0.39, 0.29) is 17.9 Å². The number of carbonyl (C=O) groups is 2. The van der Waals surface area contributed by atoms with E-state index in [1.54, 1.807) is 23.5 Å². The molecular weight excluding hydrogens is 801 g/mol. The lowest BCUT2D eigenvalue weighted by Gasteiger charge is -2.19. The van der Waals surface area contributed by atoms with Crippen molar-refractivity contribution in [1.82, 2.24) is 0 Å². The van der Waals surface area contributed by atoms with Gasteiger partial charge < -0.3 is 14.6 Å². The Morgan fingerprint density at radius 3 is 1.44 bits per heavy atom. The van der Waals surface area contributed by atoms with Gasteiger partial charge in [-0.05, 0) is 105 Å². The Morgan fingerprint density at radius 1 is 0.590 bits per heavy atom. The Hall–Kier alpha value is -6.90. The maximum absolute atomic E-state index is 11.9. The van der Waals surface area contributed by atoms with Crippen LogP contribution in [-0.2, 0) is 25.6 Å². The van der Waals surface area contributed by atoms with Gasteiger partial charge in [-0.3, -0.25) is 9.59 Å². The van der Waals surface area contributed by atoms with Crippen LogP contribution in [-0.4, -0.2) is 36.2 Å². The molecule has 7 nitrogen and oxygen atoms in total. The van der Waals surface area contributed by atoms with Crippen molar-refractivity contribution in [2.75, 3.05) is 12.5 Å². The first kappa shape index (κ1) is 43.7. The molecule has 0 saturated heterocycles. The van der Waals surface area contributed by atoms with Crippen LogP contribution < -0.4 is 9.47 Å². The summed E-state index contributed by atoms with van der Waals surface area (Å²) in [5, 5.41) is 14.3. The summed E-state index contributed by atoms with van der Waals surface area (Å²) in [6.45, 7) is 3.98. The van der Waals surface area contributed by atoms with E-state index in [0.717, 1.165) is 60.9 Å². The predicted molar refractivity (Wildman–Crippen MR) is 247 cm³/mol. The van der Waals surface area contributed by atoms with Gasteiger partial charge in [0.05, 0.1) is 0 Å². The van der Waals surface area contributed by atoms with Crippen LogP contribution in [0.4, 0.5) is 0 Å². The minimum atomic E-state index is -0.305. The first-order valence-corrected chi connectivity index (χ1v) is 21.8. The van der Waals surface area contributed by atoms with Crippen LogP contribution in [0.5, 0.6) is 17.2 Å². The van der Waals surface area contributed by atoms with Crippen molar-refractivity contribution in [3.8, 4) is 61.8 Å². The van der Waals surface area contributed by atoms with Crippen molar-refractivity contribution in [3.05, 3.63) is 163 Å². The number of hydrogen-bond donors (Lipinski definition) is 1. The van der Waals surface area contributed by atoms with Crippen molar-refractivity contribution in [2.45, 2.75) is 30.1 Å². The molecular formula is C52H42O7S2. The maximum atomic E-state index is 11.9. The zero-order valence-electron chi connectivity index (χ0n) is 34.0. The Kier molecular flexibility index (Phi) is 14.9. The third-order valence-electron chi connectivity index (χ3n) is 10.0. The second-order valence-electron chi connectivity index (χ2n) is 13.6. The standard InChI is InChI=1S/C27H24O2S.C24H18O3S.CO2/c1-4-19-15-25(29-18(2)28)23-16-22(20-11-7-5-8-12-20)26(30-3)17-24(23)27(19)21-13-9-6-10-14-21;1-28-23-13-20-19(12-18(23)16-8-4-2-5-9-16)21(26)14-22(27-15-25)24(20)17-10-6-3-7-11-17;2-1-3/h5-17H,4H2,1-3H3;2-15,26H,1H3;. The topological polar surface area (TPSA) is 107 Å². The largest absolute Gasteiger partial charge is 0.507 e. The highest BCUT2D eigenvalue weighted by molar-refractivity contribution is 7.99. The SMILES string of the molecule is CCc1cc(OC(C)=O)c2cc(-c3ccccc3)c(SC)cc2c1-c1ccccc1.CSc1cc2c(-c3ccccc3)c(OC=O)cc(O)c2cc1-c1ccccc1.O=C=O. The number of esters is 1. The van der Waals surface area contributed by atoms with E-state index < -0.39 is 0 Å². The zero-order chi connectivity index (χ0) is 43.3. The molecule has 8 rings (SSSR count). The molecule has 0 unspecified atom stereocenters. The van der Waals surface area contributed by atoms with Gasteiger partial charge in [0.25, 0.3) is 6.47 Å². The summed E-state index contributed by atoms with van der Waals surface area (Å²) in [7, 11) is 0. The molecule has 0 aliphatic rings. The normalized spacial score (nSPS) is 10.4. The highest BCUT2D eigenvalue weighted by Crippen LogP contribution is 2.46. The number of phenols is 1. The number of ether oxygens (including phenoxy) is 2. The summed E-state index contributed by atoms with van der Waals surface area (Å²) in [4.78, 5) is 41.5. The summed E-state index contributed by atoms with van der Waals surface area (Å²) in [6, 6.07) is 52.6. The molecule has 61 heavy (non-hydrogen) atoms. The first-order chi connectivity index (χ1) is 29.8. The molecule has 1 N–H and O–H groups in total. The molecule has 8 aromatic rings. The van der Waals surface area contributed by atoms with E-state index in [1.165, 1.54) is 34.6 Å². The van der Waals surface area contributed by atoms with Gasteiger partial charge in [-0.2, -0.15) is 9.59 Å². The summed E-state index contributed by atoms with van der Waals surface area (Å²) in [6.07, 6.45) is 5.23. The number of carbonyl (C=O) groups excluding carboxylic acids is 4. The molecule has 0 amide bonds. The smallest absolute Gasteiger partial charge is 0.373 e. The number of fused-ring (bicyclic) bond motifs is 2. The molecule has 0 bridgehead atoms. The second kappa shape index (κ2) is 20.9. The number of aromatic hydroxyl groups is 1. The molecule has 304 valence electrons. The molecule has 9 heteroatoms. The van der Waals surface area contributed by atoms with Crippen LogP contribution in [0, 0.1) is 0 Å².